The first-order chi connectivity index (χ1) is 14.2. The number of ether oxygens (including phenoxy) is 2. The number of hydrogen-bond acceptors (Lipinski definition) is 7. The molecule has 0 saturated heterocycles. The highest BCUT2D eigenvalue weighted by molar-refractivity contribution is 7.18. The maximum atomic E-state index is 12.0. The summed E-state index contributed by atoms with van der Waals surface area (Å²) in [6.45, 7) is 0.522. The van der Waals surface area contributed by atoms with Crippen LogP contribution in [-0.2, 0) is 29.2 Å². The van der Waals surface area contributed by atoms with E-state index in [2.05, 4.69) is 9.97 Å². The van der Waals surface area contributed by atoms with Crippen LogP contribution in [0.5, 0.6) is 5.75 Å². The zero-order chi connectivity index (χ0) is 20.1. The van der Waals surface area contributed by atoms with Crippen LogP contribution in [0.4, 0.5) is 0 Å². The third-order valence-electron chi connectivity index (χ3n) is 4.04. The molecule has 0 aliphatic heterocycles. The molecule has 148 valence electrons. The van der Waals surface area contributed by atoms with Crippen LogP contribution in [-0.4, -0.2) is 15.9 Å². The summed E-state index contributed by atoms with van der Waals surface area (Å²) in [6, 6.07) is 15.1. The molecule has 4 rings (SSSR count). The molecule has 0 unspecified atom stereocenters. The van der Waals surface area contributed by atoms with Gasteiger partial charge in [0.25, 0.3) is 0 Å². The van der Waals surface area contributed by atoms with Crippen LogP contribution in [0.25, 0.3) is 10.2 Å². The third kappa shape index (κ3) is 5.53. The van der Waals surface area contributed by atoms with Crippen LogP contribution < -0.4 is 4.74 Å². The van der Waals surface area contributed by atoms with Crippen molar-refractivity contribution in [3.63, 3.8) is 0 Å². The second-order valence-corrected chi connectivity index (χ2v) is 8.71. The van der Waals surface area contributed by atoms with Crippen molar-refractivity contribution < 1.29 is 14.3 Å². The number of para-hydroxylation sites is 1. The Hall–Kier alpha value is -2.48. The zero-order valence-electron chi connectivity index (χ0n) is 15.3. The normalized spacial score (nSPS) is 10.9. The molecule has 2 aromatic heterocycles. The molecule has 0 spiro atoms. The predicted octanol–water partition coefficient (Wildman–Crippen LogP) is 5.66. The van der Waals surface area contributed by atoms with E-state index in [0.717, 1.165) is 31.7 Å². The molecule has 2 aromatic carbocycles. The van der Waals surface area contributed by atoms with Gasteiger partial charge in [0.05, 0.1) is 27.3 Å². The summed E-state index contributed by atoms with van der Waals surface area (Å²) in [5, 5.41) is 4.30. The highest BCUT2D eigenvalue weighted by atomic mass is 35.5. The average molecular weight is 445 g/mol. The molecule has 5 nitrogen and oxygen atoms in total. The molecule has 0 amide bonds. The Balaban J connectivity index is 1.21. The summed E-state index contributed by atoms with van der Waals surface area (Å²) in [6.07, 6.45) is 0.881. The number of nitrogens with zero attached hydrogens (tertiary/aromatic N) is 2. The Morgan fingerprint density at radius 3 is 2.66 bits per heavy atom. The summed E-state index contributed by atoms with van der Waals surface area (Å²) < 4.78 is 12.1. The van der Waals surface area contributed by atoms with Gasteiger partial charge in [0.1, 0.15) is 24.0 Å². The van der Waals surface area contributed by atoms with Gasteiger partial charge < -0.3 is 9.47 Å². The van der Waals surface area contributed by atoms with Crippen LogP contribution in [0.1, 0.15) is 22.1 Å². The van der Waals surface area contributed by atoms with Crippen molar-refractivity contribution in [2.45, 2.75) is 26.1 Å². The van der Waals surface area contributed by atoms with E-state index >= 15 is 0 Å². The monoisotopic (exact) mass is 444 g/mol. The number of esters is 1. The summed E-state index contributed by atoms with van der Waals surface area (Å²) in [7, 11) is 0. The topological polar surface area (TPSA) is 61.3 Å². The summed E-state index contributed by atoms with van der Waals surface area (Å²) in [5.74, 6) is 0.476. The molecule has 4 aromatic rings. The molecule has 0 fully saturated rings. The van der Waals surface area contributed by atoms with Crippen molar-refractivity contribution in [3.8, 4) is 5.75 Å². The summed E-state index contributed by atoms with van der Waals surface area (Å²) in [5.41, 5.74) is 1.69. The largest absolute Gasteiger partial charge is 0.486 e. The Bertz CT molecular complexity index is 1080. The second-order valence-electron chi connectivity index (χ2n) is 6.21. The van der Waals surface area contributed by atoms with Gasteiger partial charge in [0.2, 0.25) is 0 Å². The van der Waals surface area contributed by atoms with Gasteiger partial charge in [-0.05, 0) is 36.4 Å². The lowest BCUT2D eigenvalue weighted by molar-refractivity contribution is -0.145. The number of aromatic nitrogens is 2. The quantitative estimate of drug-likeness (QED) is 0.328. The third-order valence-corrected chi connectivity index (χ3v) is 6.26. The fraction of sp³-hybridized carbons (Fsp3) is 0.190. The molecule has 0 saturated carbocycles. The van der Waals surface area contributed by atoms with E-state index in [1.807, 2.05) is 41.8 Å². The average Bonchev–Trinajstić information content (AvgIpc) is 3.36. The standard InChI is InChI=1S/C21H17ClN2O3S2/c22-14-5-7-16(8-6-14)26-12-20-23-15(13-28-20)11-27-21(25)10-9-19-24-17-3-1-2-4-18(17)29-19/h1-8,13H,9-12H2. The van der Waals surface area contributed by atoms with Gasteiger partial charge in [0, 0.05) is 16.8 Å². The first-order valence-electron chi connectivity index (χ1n) is 8.97. The number of rotatable bonds is 8. The minimum Gasteiger partial charge on any atom is -0.486 e. The lowest BCUT2D eigenvalue weighted by atomic mass is 10.3. The van der Waals surface area contributed by atoms with E-state index in [1.165, 1.54) is 11.3 Å². The zero-order valence-corrected chi connectivity index (χ0v) is 17.7. The molecular weight excluding hydrogens is 428 g/mol. The van der Waals surface area contributed by atoms with Gasteiger partial charge in [-0.25, -0.2) is 9.97 Å². The molecular formula is C21H17ClN2O3S2. The first kappa shape index (κ1) is 19.8. The van der Waals surface area contributed by atoms with E-state index in [9.17, 15) is 4.79 Å². The number of halogens is 1. The highest BCUT2D eigenvalue weighted by Gasteiger charge is 2.10. The van der Waals surface area contributed by atoms with Gasteiger partial charge in [-0.2, -0.15) is 0 Å². The Labute approximate surface area is 180 Å². The highest BCUT2D eigenvalue weighted by Crippen LogP contribution is 2.23. The molecule has 0 aliphatic rings. The lowest BCUT2D eigenvalue weighted by Crippen LogP contribution is -2.06. The molecule has 0 radical (unpaired) electrons. The Morgan fingerprint density at radius 1 is 1.00 bits per heavy atom. The summed E-state index contributed by atoms with van der Waals surface area (Å²) in [4.78, 5) is 21.0. The van der Waals surface area contributed by atoms with Crippen molar-refractivity contribution in [1.29, 1.82) is 0 Å². The molecule has 29 heavy (non-hydrogen) atoms. The van der Waals surface area contributed by atoms with Gasteiger partial charge in [0.15, 0.2) is 0 Å². The first-order valence-corrected chi connectivity index (χ1v) is 11.0. The fourth-order valence-corrected chi connectivity index (χ4v) is 4.40. The number of hydrogen-bond donors (Lipinski definition) is 0. The van der Waals surface area contributed by atoms with Crippen LogP contribution in [0.3, 0.4) is 0 Å². The van der Waals surface area contributed by atoms with E-state index < -0.39 is 0 Å². The van der Waals surface area contributed by atoms with Crippen LogP contribution in [0.2, 0.25) is 5.02 Å². The molecule has 0 N–H and O–H groups in total. The minimum atomic E-state index is -0.253. The number of carbonyl (C=O) groups is 1. The van der Waals surface area contributed by atoms with Crippen molar-refractivity contribution in [2.75, 3.05) is 0 Å². The molecule has 8 heteroatoms. The van der Waals surface area contributed by atoms with Crippen LogP contribution in [0, 0.1) is 0 Å². The Morgan fingerprint density at radius 2 is 1.83 bits per heavy atom. The molecule has 0 atom stereocenters. The predicted molar refractivity (Wildman–Crippen MR) is 116 cm³/mol. The van der Waals surface area contributed by atoms with Crippen molar-refractivity contribution >= 4 is 50.5 Å². The van der Waals surface area contributed by atoms with Crippen LogP contribution in [0.15, 0.2) is 53.9 Å². The van der Waals surface area contributed by atoms with Crippen LogP contribution >= 0.6 is 34.3 Å². The van der Waals surface area contributed by atoms with E-state index in [0.29, 0.717) is 24.5 Å². The number of thiazole rings is 2. The van der Waals surface area contributed by atoms with Gasteiger partial charge >= 0.3 is 5.97 Å². The van der Waals surface area contributed by atoms with E-state index in [-0.39, 0.29) is 12.6 Å². The molecule has 0 bridgehead atoms. The van der Waals surface area contributed by atoms with Crippen molar-refractivity contribution in [2.24, 2.45) is 0 Å². The molecule has 0 aliphatic carbocycles. The fourth-order valence-electron chi connectivity index (χ4n) is 2.62. The Kier molecular flexibility index (Phi) is 6.39. The maximum absolute atomic E-state index is 12.0. The van der Waals surface area contributed by atoms with Gasteiger partial charge in [-0.15, -0.1) is 22.7 Å². The van der Waals surface area contributed by atoms with Crippen molar-refractivity contribution in [3.05, 3.63) is 74.6 Å². The van der Waals surface area contributed by atoms with E-state index in [1.54, 1.807) is 23.5 Å². The number of aryl methyl sites for hydroxylation is 1. The number of fused-ring (bicyclic) bond motifs is 1. The number of benzene rings is 2. The van der Waals surface area contributed by atoms with Gasteiger partial charge in [-0.3, -0.25) is 4.79 Å². The minimum absolute atomic E-state index is 0.163. The SMILES string of the molecule is O=C(CCc1nc2ccccc2s1)OCc1csc(COc2ccc(Cl)cc2)n1. The second kappa shape index (κ2) is 9.35. The number of carbonyl (C=O) groups excluding carboxylic acids is 1. The van der Waals surface area contributed by atoms with Gasteiger partial charge in [-0.1, -0.05) is 23.7 Å². The lowest BCUT2D eigenvalue weighted by Gasteiger charge is -2.03. The maximum Gasteiger partial charge on any atom is 0.306 e. The smallest absolute Gasteiger partial charge is 0.306 e. The molecule has 2 heterocycles. The van der Waals surface area contributed by atoms with E-state index in [4.69, 9.17) is 21.1 Å². The summed E-state index contributed by atoms with van der Waals surface area (Å²) >= 11 is 8.94. The van der Waals surface area contributed by atoms with Crippen molar-refractivity contribution in [1.82, 2.24) is 9.97 Å².